The summed E-state index contributed by atoms with van der Waals surface area (Å²) in [6.45, 7) is 0.854. The Morgan fingerprint density at radius 2 is 1.71 bits per heavy atom. The molecule has 7 nitrogen and oxygen atoms in total. The molecule has 2 saturated heterocycles. The molecule has 2 aliphatic heterocycles. The minimum Gasteiger partial charge on any atom is -0.481 e. The van der Waals surface area contributed by atoms with Gasteiger partial charge in [0.15, 0.2) is 0 Å². The van der Waals surface area contributed by atoms with Crippen LogP contribution in [0.2, 0.25) is 0 Å². The van der Waals surface area contributed by atoms with Crippen molar-refractivity contribution < 1.29 is 24.2 Å². The highest BCUT2D eigenvalue weighted by atomic mass is 16.5. The van der Waals surface area contributed by atoms with Gasteiger partial charge in [0.2, 0.25) is 0 Å². The van der Waals surface area contributed by atoms with Crippen molar-refractivity contribution in [3.63, 3.8) is 0 Å². The average molecular weight is 429 g/mol. The minimum absolute atomic E-state index is 0.136. The Morgan fingerprint density at radius 1 is 1.00 bits per heavy atom. The topological polar surface area (TPSA) is 105 Å². The Balaban J connectivity index is 1.39. The van der Waals surface area contributed by atoms with Crippen LogP contribution in [0.4, 0.5) is 0 Å². The highest BCUT2D eigenvalue weighted by molar-refractivity contribution is 6.35. The number of aliphatic carboxylic acids is 1. The predicted octanol–water partition coefficient (Wildman–Crippen LogP) is 2.46. The largest absolute Gasteiger partial charge is 0.481 e. The van der Waals surface area contributed by atoms with Crippen molar-refractivity contribution in [3.05, 3.63) is 48.0 Å². The normalized spacial score (nSPS) is 24.4. The van der Waals surface area contributed by atoms with Gasteiger partial charge < -0.3 is 20.5 Å². The third-order valence-corrected chi connectivity index (χ3v) is 6.17. The number of carbonyl (C=O) groups is 3. The molecular weight excluding hydrogens is 396 g/mol. The second-order valence-corrected chi connectivity index (χ2v) is 8.31. The molecule has 1 aromatic carbocycles. The monoisotopic (exact) mass is 428 g/mol. The number of ether oxygens (including phenoxy) is 1. The molecule has 1 aromatic rings. The van der Waals surface area contributed by atoms with Gasteiger partial charge in [-0.05, 0) is 50.0 Å². The third kappa shape index (κ3) is 6.92. The Hall–Kier alpha value is -2.67. The number of unbranched alkanes of at least 4 members (excludes halogenated alkanes) is 1. The summed E-state index contributed by atoms with van der Waals surface area (Å²) in [5, 5.41) is 14.2. The van der Waals surface area contributed by atoms with Gasteiger partial charge in [0.05, 0.1) is 12.2 Å². The number of allylic oxidation sites excluding steroid dienone is 2. The van der Waals surface area contributed by atoms with Gasteiger partial charge in [-0.1, -0.05) is 42.5 Å². The lowest BCUT2D eigenvalue weighted by Gasteiger charge is -2.27. The molecule has 2 heterocycles. The predicted molar refractivity (Wildman–Crippen MR) is 116 cm³/mol. The molecule has 4 atom stereocenters. The van der Waals surface area contributed by atoms with Gasteiger partial charge in [-0.2, -0.15) is 0 Å². The van der Waals surface area contributed by atoms with E-state index >= 15 is 0 Å². The number of amides is 2. The van der Waals surface area contributed by atoms with E-state index in [1.165, 1.54) is 0 Å². The fraction of sp³-hybridized carbons (Fsp3) is 0.542. The van der Waals surface area contributed by atoms with Crippen molar-refractivity contribution in [2.45, 2.75) is 57.2 Å². The molecule has 2 aliphatic rings. The maximum atomic E-state index is 12.2. The fourth-order valence-electron chi connectivity index (χ4n) is 4.56. The van der Waals surface area contributed by atoms with E-state index in [2.05, 4.69) is 16.7 Å². The quantitative estimate of drug-likeness (QED) is 0.285. The summed E-state index contributed by atoms with van der Waals surface area (Å²) in [5.74, 6) is -1.46. The highest BCUT2D eigenvalue weighted by Gasteiger charge is 2.48. The van der Waals surface area contributed by atoms with Crippen LogP contribution in [0, 0.1) is 11.8 Å². The standard InChI is InChI=1S/C24H32N2O5/c27-22(28)11-7-2-1-6-10-18-19(21-13-12-20(18)31-21)16-26-24(30)23(29)25-15-14-17-8-4-3-5-9-17/h1,3-6,8-9,18-21H,2,7,10-16H2,(H,25,29)(H,26,30)(H,27,28)/t18-,19-,20-,21+/m1/s1. The Bertz CT molecular complexity index is 779. The van der Waals surface area contributed by atoms with Crippen LogP contribution in [0.15, 0.2) is 42.5 Å². The first-order valence-electron chi connectivity index (χ1n) is 11.2. The summed E-state index contributed by atoms with van der Waals surface area (Å²) in [7, 11) is 0. The van der Waals surface area contributed by atoms with Crippen LogP contribution in [0.3, 0.4) is 0 Å². The van der Waals surface area contributed by atoms with Gasteiger partial charge in [0.25, 0.3) is 0 Å². The summed E-state index contributed by atoms with van der Waals surface area (Å²) in [4.78, 5) is 34.9. The summed E-state index contributed by atoms with van der Waals surface area (Å²) in [6.07, 6.45) is 9.60. The van der Waals surface area contributed by atoms with Crippen molar-refractivity contribution in [1.29, 1.82) is 0 Å². The summed E-state index contributed by atoms with van der Waals surface area (Å²) < 4.78 is 6.05. The first-order valence-corrected chi connectivity index (χ1v) is 11.2. The van der Waals surface area contributed by atoms with Gasteiger partial charge in [0, 0.05) is 25.4 Å². The number of nitrogens with one attached hydrogen (secondary N) is 2. The smallest absolute Gasteiger partial charge is 0.309 e. The van der Waals surface area contributed by atoms with E-state index in [9.17, 15) is 14.4 Å². The van der Waals surface area contributed by atoms with E-state index < -0.39 is 17.8 Å². The third-order valence-electron chi connectivity index (χ3n) is 6.17. The summed E-state index contributed by atoms with van der Waals surface area (Å²) in [6, 6.07) is 9.81. The lowest BCUT2D eigenvalue weighted by molar-refractivity contribution is -0.139. The minimum atomic E-state index is -0.769. The van der Waals surface area contributed by atoms with E-state index in [-0.39, 0.29) is 24.5 Å². The molecule has 168 valence electrons. The lowest BCUT2D eigenvalue weighted by Crippen LogP contribution is -2.44. The van der Waals surface area contributed by atoms with E-state index in [4.69, 9.17) is 9.84 Å². The SMILES string of the molecule is O=C(O)CCCC=CC[C@@H]1[C@@H](CNC(=O)C(=O)NCCc2ccccc2)[C@@H]2CC[C@H]1O2. The van der Waals surface area contributed by atoms with Gasteiger partial charge in [-0.15, -0.1) is 0 Å². The number of rotatable bonds is 11. The maximum Gasteiger partial charge on any atom is 0.309 e. The Morgan fingerprint density at radius 3 is 2.45 bits per heavy atom. The molecule has 2 fully saturated rings. The van der Waals surface area contributed by atoms with Gasteiger partial charge >= 0.3 is 17.8 Å². The van der Waals surface area contributed by atoms with Crippen LogP contribution < -0.4 is 10.6 Å². The maximum absolute atomic E-state index is 12.2. The molecular formula is C24H32N2O5. The van der Waals surface area contributed by atoms with Crippen LogP contribution >= 0.6 is 0 Å². The molecule has 31 heavy (non-hydrogen) atoms. The van der Waals surface area contributed by atoms with Crippen molar-refractivity contribution in [2.75, 3.05) is 13.1 Å². The molecule has 7 heteroatoms. The van der Waals surface area contributed by atoms with E-state index in [1.54, 1.807) is 0 Å². The molecule has 0 aliphatic carbocycles. The number of hydrogen-bond donors (Lipinski definition) is 3. The summed E-state index contributed by atoms with van der Waals surface area (Å²) >= 11 is 0. The number of carbonyl (C=O) groups excluding carboxylic acids is 2. The van der Waals surface area contributed by atoms with Gasteiger partial charge in [-0.3, -0.25) is 14.4 Å². The molecule has 0 spiro atoms. The van der Waals surface area contributed by atoms with Crippen LogP contribution in [0.5, 0.6) is 0 Å². The summed E-state index contributed by atoms with van der Waals surface area (Å²) in [5.41, 5.74) is 1.11. The zero-order valence-corrected chi connectivity index (χ0v) is 17.8. The van der Waals surface area contributed by atoms with Crippen molar-refractivity contribution in [3.8, 4) is 0 Å². The molecule has 0 radical (unpaired) electrons. The van der Waals surface area contributed by atoms with E-state index in [1.807, 2.05) is 36.4 Å². The van der Waals surface area contributed by atoms with Gasteiger partial charge in [0.1, 0.15) is 0 Å². The molecule has 2 bridgehead atoms. The van der Waals surface area contributed by atoms with Crippen molar-refractivity contribution in [2.24, 2.45) is 11.8 Å². The fourth-order valence-corrected chi connectivity index (χ4v) is 4.56. The Kier molecular flexibility index (Phi) is 8.64. The number of hydrogen-bond acceptors (Lipinski definition) is 4. The number of benzene rings is 1. The molecule has 3 rings (SSSR count). The molecule has 2 amide bonds. The lowest BCUT2D eigenvalue weighted by atomic mass is 9.77. The first-order chi connectivity index (χ1) is 15.0. The van der Waals surface area contributed by atoms with E-state index in [0.717, 1.165) is 31.2 Å². The van der Waals surface area contributed by atoms with Crippen LogP contribution in [0.25, 0.3) is 0 Å². The van der Waals surface area contributed by atoms with Crippen LogP contribution in [0.1, 0.15) is 44.1 Å². The second-order valence-electron chi connectivity index (χ2n) is 8.31. The highest BCUT2D eigenvalue weighted by Crippen LogP contribution is 2.44. The van der Waals surface area contributed by atoms with Crippen LogP contribution in [-0.4, -0.2) is 48.2 Å². The van der Waals surface area contributed by atoms with Crippen LogP contribution in [-0.2, 0) is 25.5 Å². The molecule has 0 saturated carbocycles. The van der Waals surface area contributed by atoms with E-state index in [0.29, 0.717) is 31.8 Å². The number of carboxylic acid groups (broad SMARTS) is 1. The zero-order chi connectivity index (χ0) is 22.1. The Labute approximate surface area is 183 Å². The van der Waals surface area contributed by atoms with Gasteiger partial charge in [-0.25, -0.2) is 0 Å². The van der Waals surface area contributed by atoms with Crippen molar-refractivity contribution >= 4 is 17.8 Å². The first kappa shape index (κ1) is 23.0. The average Bonchev–Trinajstić information content (AvgIpc) is 3.36. The zero-order valence-electron chi connectivity index (χ0n) is 17.8. The molecule has 0 aromatic heterocycles. The number of carboxylic acids is 1. The number of fused-ring (bicyclic) bond motifs is 2. The molecule has 3 N–H and O–H groups in total. The second kappa shape index (κ2) is 11.6. The molecule has 0 unspecified atom stereocenters. The van der Waals surface area contributed by atoms with Crippen molar-refractivity contribution in [1.82, 2.24) is 10.6 Å².